The molecular weight excluding hydrogens is 368 g/mol. The Labute approximate surface area is 171 Å². The minimum absolute atomic E-state index is 0.0269. The first kappa shape index (κ1) is 20.5. The average Bonchev–Trinajstić information content (AvgIpc) is 3.02. The van der Waals surface area contributed by atoms with E-state index in [0.29, 0.717) is 11.7 Å². The maximum atomic E-state index is 12.6. The summed E-state index contributed by atoms with van der Waals surface area (Å²) in [5.41, 5.74) is 3.47. The highest BCUT2D eigenvalue weighted by Crippen LogP contribution is 2.42. The van der Waals surface area contributed by atoms with Gasteiger partial charge in [0, 0.05) is 16.8 Å². The number of benzene rings is 2. The van der Waals surface area contributed by atoms with Gasteiger partial charge >= 0.3 is 0 Å². The molecule has 5 heteroatoms. The summed E-state index contributed by atoms with van der Waals surface area (Å²) in [6.07, 6.45) is 0. The monoisotopic (exact) mass is 396 g/mol. The van der Waals surface area contributed by atoms with Gasteiger partial charge in [-0.3, -0.25) is 14.5 Å². The molecule has 2 amide bonds. The summed E-state index contributed by atoms with van der Waals surface area (Å²) in [5.74, 6) is 0.990. The highest BCUT2D eigenvalue weighted by molar-refractivity contribution is 8.00. The smallest absolute Gasteiger partial charge is 0.238 e. The van der Waals surface area contributed by atoms with E-state index in [4.69, 9.17) is 0 Å². The van der Waals surface area contributed by atoms with Crippen LogP contribution < -0.4 is 10.2 Å². The maximum Gasteiger partial charge on any atom is 0.238 e. The Bertz CT molecular complexity index is 869. The SMILES string of the molecule is CC(C)c1ccc(N2C(=O)CSC2c2cccc(NC(=O)C(C)(C)C)c2)cc1. The number of thioether (sulfide) groups is 1. The van der Waals surface area contributed by atoms with Crippen molar-refractivity contribution < 1.29 is 9.59 Å². The van der Waals surface area contributed by atoms with E-state index < -0.39 is 5.41 Å². The van der Waals surface area contributed by atoms with Crippen LogP contribution in [0.3, 0.4) is 0 Å². The Hall–Kier alpha value is -2.27. The summed E-state index contributed by atoms with van der Waals surface area (Å²) < 4.78 is 0. The van der Waals surface area contributed by atoms with Gasteiger partial charge in [0.25, 0.3) is 0 Å². The molecule has 1 atom stereocenters. The molecular formula is C23H28N2O2S. The Morgan fingerprint density at radius 3 is 2.43 bits per heavy atom. The zero-order chi connectivity index (χ0) is 20.5. The van der Waals surface area contributed by atoms with Crippen LogP contribution in [0.15, 0.2) is 48.5 Å². The van der Waals surface area contributed by atoms with Crippen LogP contribution >= 0.6 is 11.8 Å². The van der Waals surface area contributed by atoms with E-state index >= 15 is 0 Å². The summed E-state index contributed by atoms with van der Waals surface area (Å²) in [7, 11) is 0. The van der Waals surface area contributed by atoms with Crippen LogP contribution in [0.25, 0.3) is 0 Å². The zero-order valence-electron chi connectivity index (χ0n) is 17.2. The Kier molecular flexibility index (Phi) is 5.84. The number of anilines is 2. The molecule has 1 unspecified atom stereocenters. The Morgan fingerprint density at radius 1 is 1.14 bits per heavy atom. The highest BCUT2D eigenvalue weighted by atomic mass is 32.2. The number of carbonyl (C=O) groups is 2. The van der Waals surface area contributed by atoms with Crippen LogP contribution in [-0.4, -0.2) is 17.6 Å². The van der Waals surface area contributed by atoms with Crippen molar-refractivity contribution in [2.45, 2.75) is 45.9 Å². The van der Waals surface area contributed by atoms with Crippen LogP contribution in [0.1, 0.15) is 57.0 Å². The molecule has 2 aromatic carbocycles. The van der Waals surface area contributed by atoms with Crippen molar-refractivity contribution in [2.75, 3.05) is 16.0 Å². The van der Waals surface area contributed by atoms with Gasteiger partial charge in [0.2, 0.25) is 11.8 Å². The standard InChI is InChI=1S/C23H28N2O2S/c1-15(2)16-9-11-19(12-10-16)25-20(26)14-28-21(25)17-7-6-8-18(13-17)24-22(27)23(3,4)5/h6-13,15,21H,14H2,1-5H3,(H,24,27). The molecule has 1 heterocycles. The predicted octanol–water partition coefficient (Wildman–Crippen LogP) is 5.57. The summed E-state index contributed by atoms with van der Waals surface area (Å²) in [5, 5.41) is 2.89. The first-order chi connectivity index (χ1) is 13.2. The lowest BCUT2D eigenvalue weighted by Crippen LogP contribution is -2.28. The molecule has 28 heavy (non-hydrogen) atoms. The van der Waals surface area contributed by atoms with Gasteiger partial charge in [-0.25, -0.2) is 0 Å². The molecule has 1 aliphatic heterocycles. The average molecular weight is 397 g/mol. The first-order valence-electron chi connectivity index (χ1n) is 9.62. The van der Waals surface area contributed by atoms with Crippen LogP contribution in [-0.2, 0) is 9.59 Å². The second-order valence-electron chi connectivity index (χ2n) is 8.50. The molecule has 0 bridgehead atoms. The van der Waals surface area contributed by atoms with E-state index in [1.165, 1.54) is 5.56 Å². The van der Waals surface area contributed by atoms with E-state index in [2.05, 4.69) is 31.3 Å². The van der Waals surface area contributed by atoms with Gasteiger partial charge in [-0.15, -0.1) is 11.8 Å². The molecule has 1 N–H and O–H groups in total. The topological polar surface area (TPSA) is 49.4 Å². The van der Waals surface area contributed by atoms with E-state index in [0.717, 1.165) is 16.9 Å². The quantitative estimate of drug-likeness (QED) is 0.735. The van der Waals surface area contributed by atoms with Crippen LogP contribution in [0, 0.1) is 5.41 Å². The fraction of sp³-hybridized carbons (Fsp3) is 0.391. The number of hydrogen-bond donors (Lipinski definition) is 1. The third-order valence-corrected chi connectivity index (χ3v) is 6.03. The molecule has 1 saturated heterocycles. The van der Waals surface area contributed by atoms with Crippen LogP contribution in [0.4, 0.5) is 11.4 Å². The minimum atomic E-state index is -0.460. The number of nitrogens with one attached hydrogen (secondary N) is 1. The lowest BCUT2D eigenvalue weighted by atomic mass is 9.95. The van der Waals surface area contributed by atoms with E-state index in [1.807, 2.05) is 62.1 Å². The van der Waals surface area contributed by atoms with Gasteiger partial charge in [0.1, 0.15) is 5.37 Å². The number of amides is 2. The van der Waals surface area contributed by atoms with Crippen molar-refractivity contribution in [3.05, 3.63) is 59.7 Å². The molecule has 1 fully saturated rings. The van der Waals surface area contributed by atoms with Gasteiger partial charge < -0.3 is 5.32 Å². The van der Waals surface area contributed by atoms with Gasteiger partial charge in [-0.2, -0.15) is 0 Å². The number of rotatable bonds is 4. The van der Waals surface area contributed by atoms with Crippen molar-refractivity contribution >= 4 is 35.0 Å². The van der Waals surface area contributed by atoms with Gasteiger partial charge in [-0.05, 0) is 41.3 Å². The Balaban J connectivity index is 1.86. The number of nitrogens with zero attached hydrogens (tertiary/aromatic N) is 1. The van der Waals surface area contributed by atoms with Crippen molar-refractivity contribution in [3.63, 3.8) is 0 Å². The van der Waals surface area contributed by atoms with Gasteiger partial charge in [0.05, 0.1) is 5.75 Å². The summed E-state index contributed by atoms with van der Waals surface area (Å²) >= 11 is 1.61. The summed E-state index contributed by atoms with van der Waals surface area (Å²) in [4.78, 5) is 26.8. The number of hydrogen-bond acceptors (Lipinski definition) is 3. The zero-order valence-corrected chi connectivity index (χ0v) is 18.0. The molecule has 0 aromatic heterocycles. The molecule has 1 aliphatic rings. The van der Waals surface area contributed by atoms with Crippen molar-refractivity contribution in [2.24, 2.45) is 5.41 Å². The second-order valence-corrected chi connectivity index (χ2v) is 9.57. The largest absolute Gasteiger partial charge is 0.326 e. The third-order valence-electron chi connectivity index (χ3n) is 4.82. The van der Waals surface area contributed by atoms with Gasteiger partial charge in [0.15, 0.2) is 0 Å². The highest BCUT2D eigenvalue weighted by Gasteiger charge is 2.34. The lowest BCUT2D eigenvalue weighted by Gasteiger charge is -2.25. The fourth-order valence-corrected chi connectivity index (χ4v) is 4.23. The van der Waals surface area contributed by atoms with Crippen molar-refractivity contribution in [3.8, 4) is 0 Å². The molecule has 2 aromatic rings. The molecule has 4 nitrogen and oxygen atoms in total. The normalized spacial score (nSPS) is 17.3. The summed E-state index contributed by atoms with van der Waals surface area (Å²) in [6, 6.07) is 16.0. The molecule has 0 radical (unpaired) electrons. The molecule has 0 aliphatic carbocycles. The third kappa shape index (κ3) is 4.41. The maximum absolute atomic E-state index is 12.6. The summed E-state index contributed by atoms with van der Waals surface area (Å²) in [6.45, 7) is 9.98. The number of carbonyl (C=O) groups excluding carboxylic acids is 2. The first-order valence-corrected chi connectivity index (χ1v) is 10.7. The van der Waals surface area contributed by atoms with E-state index in [-0.39, 0.29) is 17.2 Å². The molecule has 0 saturated carbocycles. The second kappa shape index (κ2) is 8.00. The molecule has 0 spiro atoms. The van der Waals surface area contributed by atoms with Gasteiger partial charge in [-0.1, -0.05) is 58.9 Å². The lowest BCUT2D eigenvalue weighted by molar-refractivity contribution is -0.123. The van der Waals surface area contributed by atoms with Crippen LogP contribution in [0.2, 0.25) is 0 Å². The van der Waals surface area contributed by atoms with Crippen molar-refractivity contribution in [1.82, 2.24) is 0 Å². The predicted molar refractivity (Wildman–Crippen MR) is 118 cm³/mol. The van der Waals surface area contributed by atoms with E-state index in [9.17, 15) is 9.59 Å². The fourth-order valence-electron chi connectivity index (χ4n) is 3.06. The molecule has 3 rings (SSSR count). The molecule has 148 valence electrons. The Morgan fingerprint density at radius 2 is 1.82 bits per heavy atom. The minimum Gasteiger partial charge on any atom is -0.326 e. The van der Waals surface area contributed by atoms with E-state index in [1.54, 1.807) is 11.8 Å². The van der Waals surface area contributed by atoms with Crippen LogP contribution in [0.5, 0.6) is 0 Å². The van der Waals surface area contributed by atoms with Crippen molar-refractivity contribution in [1.29, 1.82) is 0 Å².